The van der Waals surface area contributed by atoms with Crippen LogP contribution in [0.3, 0.4) is 0 Å². The first-order valence-electron chi connectivity index (χ1n) is 7.23. The molecule has 5 nitrogen and oxygen atoms in total. The van der Waals surface area contributed by atoms with E-state index in [-0.39, 0.29) is 10.8 Å². The Bertz CT molecular complexity index is 813. The minimum atomic E-state index is -4.30. The molecule has 122 valence electrons. The van der Waals surface area contributed by atoms with Gasteiger partial charge in [-0.15, -0.1) is 0 Å². The van der Waals surface area contributed by atoms with Gasteiger partial charge in [-0.2, -0.15) is 8.42 Å². The van der Waals surface area contributed by atoms with Crippen LogP contribution in [0.2, 0.25) is 0 Å². The molecule has 0 aromatic heterocycles. The Morgan fingerprint density at radius 3 is 2.48 bits per heavy atom. The minimum Gasteiger partial charge on any atom is -0.322 e. The molecule has 0 radical (unpaired) electrons. The van der Waals surface area contributed by atoms with Gasteiger partial charge in [-0.25, -0.2) is 0 Å². The average Bonchev–Trinajstić information content (AvgIpc) is 2.46. The van der Waals surface area contributed by atoms with E-state index in [1.54, 1.807) is 12.1 Å². The molecule has 0 unspecified atom stereocenters. The number of carbonyl (C=O) groups is 1. The number of anilines is 1. The van der Waals surface area contributed by atoms with Gasteiger partial charge in [-0.1, -0.05) is 32.0 Å². The Hall–Kier alpha value is -2.18. The molecular weight excluding hydrogens is 314 g/mol. The van der Waals surface area contributed by atoms with Crippen molar-refractivity contribution in [2.75, 3.05) is 5.32 Å². The van der Waals surface area contributed by atoms with Gasteiger partial charge in [0.25, 0.3) is 16.0 Å². The van der Waals surface area contributed by atoms with Crippen LogP contribution in [0.4, 0.5) is 5.69 Å². The molecule has 2 rings (SSSR count). The molecule has 0 fully saturated rings. The summed E-state index contributed by atoms with van der Waals surface area (Å²) in [5.74, 6) is 0.155. The van der Waals surface area contributed by atoms with Crippen molar-refractivity contribution in [2.24, 2.45) is 5.92 Å². The lowest BCUT2D eigenvalue weighted by molar-refractivity contribution is 0.102. The molecule has 0 atom stereocenters. The standard InChI is InChI=1S/C17H19NO4S/c1-12(2)9-13-5-3-6-14(10-13)17(19)18-15-7-4-8-16(11-15)23(20,21)22/h3-8,10-12H,9H2,1-2H3,(H,18,19)(H,20,21,22). The largest absolute Gasteiger partial charge is 0.322 e. The third kappa shape index (κ3) is 4.91. The van der Waals surface area contributed by atoms with Crippen molar-refractivity contribution in [2.45, 2.75) is 25.2 Å². The Morgan fingerprint density at radius 2 is 1.83 bits per heavy atom. The van der Waals surface area contributed by atoms with Crippen LogP contribution in [0.5, 0.6) is 0 Å². The van der Waals surface area contributed by atoms with E-state index in [2.05, 4.69) is 19.2 Å². The Labute approximate surface area is 136 Å². The highest BCUT2D eigenvalue weighted by atomic mass is 32.2. The van der Waals surface area contributed by atoms with Crippen LogP contribution >= 0.6 is 0 Å². The zero-order valence-electron chi connectivity index (χ0n) is 13.0. The normalized spacial score (nSPS) is 11.5. The molecular formula is C17H19NO4S. The number of carbonyl (C=O) groups excluding carboxylic acids is 1. The van der Waals surface area contributed by atoms with E-state index in [0.717, 1.165) is 12.0 Å². The minimum absolute atomic E-state index is 0.260. The third-order valence-electron chi connectivity index (χ3n) is 3.22. The van der Waals surface area contributed by atoms with E-state index in [9.17, 15) is 13.2 Å². The van der Waals surface area contributed by atoms with Crippen LogP contribution in [0.25, 0.3) is 0 Å². The number of hydrogen-bond donors (Lipinski definition) is 2. The summed E-state index contributed by atoms with van der Waals surface area (Å²) in [6.45, 7) is 4.21. The van der Waals surface area contributed by atoms with E-state index in [1.165, 1.54) is 18.2 Å². The third-order valence-corrected chi connectivity index (χ3v) is 4.07. The predicted octanol–water partition coefficient (Wildman–Crippen LogP) is 3.38. The molecule has 2 N–H and O–H groups in total. The Balaban J connectivity index is 2.19. The van der Waals surface area contributed by atoms with E-state index >= 15 is 0 Å². The monoisotopic (exact) mass is 333 g/mol. The van der Waals surface area contributed by atoms with Crippen LogP contribution in [-0.2, 0) is 16.5 Å². The van der Waals surface area contributed by atoms with Crippen LogP contribution in [0.15, 0.2) is 53.4 Å². The van der Waals surface area contributed by atoms with Crippen molar-refractivity contribution in [3.8, 4) is 0 Å². The maximum Gasteiger partial charge on any atom is 0.294 e. The summed E-state index contributed by atoms with van der Waals surface area (Å²) in [6, 6.07) is 12.8. The SMILES string of the molecule is CC(C)Cc1cccc(C(=O)Nc2cccc(S(=O)(=O)O)c2)c1. The molecule has 0 saturated heterocycles. The fourth-order valence-electron chi connectivity index (χ4n) is 2.25. The van der Waals surface area contributed by atoms with Gasteiger partial charge < -0.3 is 5.32 Å². The number of benzene rings is 2. The second-order valence-corrected chi connectivity index (χ2v) is 7.18. The first-order chi connectivity index (χ1) is 10.8. The van der Waals surface area contributed by atoms with Gasteiger partial charge in [0.1, 0.15) is 0 Å². The maximum absolute atomic E-state index is 12.3. The van der Waals surface area contributed by atoms with Crippen molar-refractivity contribution in [3.63, 3.8) is 0 Å². The lowest BCUT2D eigenvalue weighted by Crippen LogP contribution is -2.13. The molecule has 0 aliphatic heterocycles. The van der Waals surface area contributed by atoms with Gasteiger partial charge in [0.05, 0.1) is 4.90 Å². The van der Waals surface area contributed by atoms with Crippen molar-refractivity contribution in [1.29, 1.82) is 0 Å². The van der Waals surface area contributed by atoms with Crippen molar-refractivity contribution >= 4 is 21.7 Å². The van der Waals surface area contributed by atoms with Crippen LogP contribution < -0.4 is 5.32 Å². The fourth-order valence-corrected chi connectivity index (χ4v) is 2.77. The maximum atomic E-state index is 12.3. The summed E-state index contributed by atoms with van der Waals surface area (Å²) in [5, 5.41) is 2.64. The van der Waals surface area contributed by atoms with Gasteiger partial charge in [0.2, 0.25) is 0 Å². The molecule has 6 heteroatoms. The summed E-state index contributed by atoms with van der Waals surface area (Å²) in [6.07, 6.45) is 0.874. The van der Waals surface area contributed by atoms with Crippen molar-refractivity contribution in [3.05, 3.63) is 59.7 Å². The molecule has 1 amide bonds. The van der Waals surface area contributed by atoms with E-state index < -0.39 is 10.1 Å². The van der Waals surface area contributed by atoms with Gasteiger partial charge in [-0.05, 0) is 48.2 Å². The molecule has 0 heterocycles. The number of hydrogen-bond acceptors (Lipinski definition) is 3. The predicted molar refractivity (Wildman–Crippen MR) is 89.2 cm³/mol. The van der Waals surface area contributed by atoms with Crippen LogP contribution in [0.1, 0.15) is 29.8 Å². The second kappa shape index (κ2) is 6.93. The topological polar surface area (TPSA) is 83.5 Å². The zero-order chi connectivity index (χ0) is 17.0. The van der Waals surface area contributed by atoms with Crippen LogP contribution in [-0.4, -0.2) is 18.9 Å². The van der Waals surface area contributed by atoms with Gasteiger partial charge in [-0.3, -0.25) is 9.35 Å². The highest BCUT2D eigenvalue weighted by Crippen LogP contribution is 2.17. The van der Waals surface area contributed by atoms with Crippen LogP contribution in [0, 0.1) is 5.92 Å². The summed E-state index contributed by atoms with van der Waals surface area (Å²) in [7, 11) is -4.30. The van der Waals surface area contributed by atoms with Gasteiger partial charge >= 0.3 is 0 Å². The highest BCUT2D eigenvalue weighted by Gasteiger charge is 2.12. The highest BCUT2D eigenvalue weighted by molar-refractivity contribution is 7.85. The van der Waals surface area contributed by atoms with E-state index in [1.807, 2.05) is 18.2 Å². The number of nitrogens with one attached hydrogen (secondary N) is 1. The summed E-state index contributed by atoms with van der Waals surface area (Å²) in [5.41, 5.74) is 1.87. The summed E-state index contributed by atoms with van der Waals surface area (Å²) >= 11 is 0. The first-order valence-corrected chi connectivity index (χ1v) is 8.67. The Kier molecular flexibility index (Phi) is 5.18. The molecule has 0 bridgehead atoms. The molecule has 23 heavy (non-hydrogen) atoms. The first kappa shape index (κ1) is 17.2. The summed E-state index contributed by atoms with van der Waals surface area (Å²) < 4.78 is 31.3. The molecule has 0 aliphatic rings. The molecule has 0 spiro atoms. The molecule has 0 saturated carbocycles. The molecule has 2 aromatic rings. The smallest absolute Gasteiger partial charge is 0.294 e. The summed E-state index contributed by atoms with van der Waals surface area (Å²) in [4.78, 5) is 12.0. The number of rotatable bonds is 5. The quantitative estimate of drug-likeness (QED) is 0.822. The Morgan fingerprint density at radius 1 is 1.13 bits per heavy atom. The number of amides is 1. The lowest BCUT2D eigenvalue weighted by Gasteiger charge is -2.09. The molecule has 2 aromatic carbocycles. The lowest BCUT2D eigenvalue weighted by atomic mass is 10.0. The van der Waals surface area contributed by atoms with Crippen molar-refractivity contribution in [1.82, 2.24) is 0 Å². The van der Waals surface area contributed by atoms with Gasteiger partial charge in [0.15, 0.2) is 0 Å². The van der Waals surface area contributed by atoms with E-state index in [4.69, 9.17) is 4.55 Å². The zero-order valence-corrected chi connectivity index (χ0v) is 13.8. The second-order valence-electron chi connectivity index (χ2n) is 5.76. The molecule has 0 aliphatic carbocycles. The fraction of sp³-hybridized carbons (Fsp3) is 0.235. The van der Waals surface area contributed by atoms with Crippen molar-refractivity contribution < 1.29 is 17.8 Å². The van der Waals surface area contributed by atoms with Gasteiger partial charge in [0, 0.05) is 11.3 Å². The van der Waals surface area contributed by atoms with E-state index in [0.29, 0.717) is 17.2 Å². The average molecular weight is 333 g/mol.